The van der Waals surface area contributed by atoms with Crippen LogP contribution in [0.3, 0.4) is 0 Å². The fourth-order valence-corrected chi connectivity index (χ4v) is 7.56. The number of nitrogens with two attached hydrogens (primary N) is 1. The van der Waals surface area contributed by atoms with Crippen molar-refractivity contribution in [1.29, 1.82) is 0 Å². The van der Waals surface area contributed by atoms with Gasteiger partial charge >= 0.3 is 23.9 Å². The molecule has 1 saturated carbocycles. The van der Waals surface area contributed by atoms with Crippen LogP contribution in [0, 0.1) is 11.8 Å². The van der Waals surface area contributed by atoms with Gasteiger partial charge < -0.3 is 45.9 Å². The first-order valence-electron chi connectivity index (χ1n) is 23.0. The lowest BCUT2D eigenvalue weighted by Crippen LogP contribution is -2.52. The largest absolute Gasteiger partial charge is 0.494 e. The summed E-state index contributed by atoms with van der Waals surface area (Å²) in [4.78, 5) is 80.2. The van der Waals surface area contributed by atoms with Crippen molar-refractivity contribution in [3.8, 4) is 5.75 Å². The number of benzene rings is 3. The summed E-state index contributed by atoms with van der Waals surface area (Å²) in [5, 5.41) is 13.4. The van der Waals surface area contributed by atoms with Crippen LogP contribution in [-0.2, 0) is 51.2 Å². The zero-order valence-electron chi connectivity index (χ0n) is 39.3. The molecule has 1 aliphatic carbocycles. The minimum absolute atomic E-state index is 0.0731. The van der Waals surface area contributed by atoms with Crippen molar-refractivity contribution in [2.75, 3.05) is 19.7 Å². The first-order valence-corrected chi connectivity index (χ1v) is 23.0. The van der Waals surface area contributed by atoms with Crippen molar-refractivity contribution in [1.82, 2.24) is 21.3 Å². The average Bonchev–Trinajstić information content (AvgIpc) is 3.25. The van der Waals surface area contributed by atoms with E-state index < -0.39 is 53.3 Å². The van der Waals surface area contributed by atoms with Gasteiger partial charge in [0.15, 0.2) is 0 Å². The molecule has 0 aromatic heterocycles. The maximum Gasteiger partial charge on any atom is 0.329 e. The van der Waals surface area contributed by atoms with E-state index in [0.29, 0.717) is 49.6 Å². The third-order valence-electron chi connectivity index (χ3n) is 10.9. The Morgan fingerprint density at radius 2 is 1.34 bits per heavy atom. The Hall–Kier alpha value is -5.70. The molecule has 0 heterocycles. The predicted molar refractivity (Wildman–Crippen MR) is 249 cm³/mol. The van der Waals surface area contributed by atoms with Crippen LogP contribution in [0.2, 0.25) is 0 Å². The van der Waals surface area contributed by atoms with Crippen LogP contribution in [0.5, 0.6) is 5.75 Å². The molecule has 3 aromatic carbocycles. The molecule has 0 aliphatic heterocycles. The number of rotatable bonds is 22. The summed E-state index contributed by atoms with van der Waals surface area (Å²) >= 11 is 0. The molecule has 0 saturated heterocycles. The summed E-state index contributed by atoms with van der Waals surface area (Å²) in [5.41, 5.74) is 5.87. The molecule has 15 nitrogen and oxygen atoms in total. The van der Waals surface area contributed by atoms with Gasteiger partial charge in [0, 0.05) is 25.3 Å². The Morgan fingerprint density at radius 1 is 0.708 bits per heavy atom. The van der Waals surface area contributed by atoms with E-state index in [2.05, 4.69) is 21.3 Å². The van der Waals surface area contributed by atoms with Crippen LogP contribution in [-0.4, -0.2) is 84.8 Å². The number of hydrogen-bond donors (Lipinski definition) is 5. The quantitative estimate of drug-likeness (QED) is 0.0414. The molecule has 3 unspecified atom stereocenters. The van der Waals surface area contributed by atoms with E-state index in [0.717, 1.165) is 42.0 Å². The molecule has 0 spiro atoms. The van der Waals surface area contributed by atoms with E-state index in [9.17, 15) is 28.8 Å². The number of fused-ring (bicyclic) bond motifs is 1. The van der Waals surface area contributed by atoms with Gasteiger partial charge in [-0.05, 0) is 146 Å². The minimum atomic E-state index is -1.23. The van der Waals surface area contributed by atoms with E-state index in [1.165, 1.54) is 0 Å². The second-order valence-corrected chi connectivity index (χ2v) is 18.8. The van der Waals surface area contributed by atoms with Crippen molar-refractivity contribution in [2.24, 2.45) is 17.6 Å². The van der Waals surface area contributed by atoms with Crippen LogP contribution in [0.4, 0.5) is 4.79 Å². The number of esters is 3. The third kappa shape index (κ3) is 18.7. The first kappa shape index (κ1) is 51.9. The summed E-state index contributed by atoms with van der Waals surface area (Å²) in [6.45, 7) is 13.4. The van der Waals surface area contributed by atoms with E-state index in [1.807, 2.05) is 49.4 Å². The van der Waals surface area contributed by atoms with E-state index >= 15 is 0 Å². The Kier molecular flexibility index (Phi) is 20.1. The van der Waals surface area contributed by atoms with Crippen LogP contribution < -0.4 is 31.7 Å². The number of unbranched alkanes of at least 4 members (excludes halogenated alkanes) is 1. The zero-order chi connectivity index (χ0) is 47.6. The van der Waals surface area contributed by atoms with Gasteiger partial charge in [-0.25, -0.2) is 14.4 Å². The molecule has 1 fully saturated rings. The standard InChI is InChI=1S/C50H71N5O10/c1-8-62-39-24-19-34(20-25-39)32-63-46(59)40(54-48(61)55-41(47(60)65-50(5,6)7)26-27-43(56)64-49(2,3)4)15-11-12-28-52-45(58)42(53-44(57)37-22-16-33(31-51)17-23-37)30-35-18-21-36-13-9-10-14-38(36)29-35/h9-10,13-14,18-21,24-25,29,33,37,40-42H,8,11-12,15-17,22-23,26-28,30-32,51H2,1-7H3,(H,52,58)(H,53,57)(H2,54,55,61). The molecule has 0 bridgehead atoms. The molecule has 3 atom stereocenters. The fourth-order valence-electron chi connectivity index (χ4n) is 7.56. The van der Waals surface area contributed by atoms with Crippen LogP contribution in [0.15, 0.2) is 66.7 Å². The number of amides is 4. The van der Waals surface area contributed by atoms with Crippen LogP contribution in [0.1, 0.15) is 117 Å². The highest BCUT2D eigenvalue weighted by molar-refractivity contribution is 5.90. The van der Waals surface area contributed by atoms with Crippen molar-refractivity contribution >= 4 is 46.5 Å². The second kappa shape index (κ2) is 25.1. The predicted octanol–water partition coefficient (Wildman–Crippen LogP) is 6.56. The SMILES string of the molecule is CCOc1ccc(COC(=O)C(CCCCNC(=O)C(Cc2ccc3ccccc3c2)NC(=O)C2CCC(CN)CC2)NC(=O)NC(CCC(=O)OC(C)(C)C)C(=O)OC(C)(C)C)cc1. The monoisotopic (exact) mass is 902 g/mol. The van der Waals surface area contributed by atoms with Gasteiger partial charge in [-0.1, -0.05) is 54.6 Å². The van der Waals surface area contributed by atoms with Gasteiger partial charge in [-0.2, -0.15) is 0 Å². The minimum Gasteiger partial charge on any atom is -0.494 e. The number of carbonyl (C=O) groups excluding carboxylic acids is 6. The van der Waals surface area contributed by atoms with Crippen LogP contribution >= 0.6 is 0 Å². The summed E-state index contributed by atoms with van der Waals surface area (Å²) in [6, 6.07) is 17.0. The van der Waals surface area contributed by atoms with Crippen molar-refractivity contribution in [2.45, 2.75) is 149 Å². The van der Waals surface area contributed by atoms with Crippen molar-refractivity contribution in [3.63, 3.8) is 0 Å². The molecule has 3 aromatic rings. The lowest BCUT2D eigenvalue weighted by atomic mass is 9.81. The Bertz CT molecular complexity index is 2040. The van der Waals surface area contributed by atoms with E-state index in [4.69, 9.17) is 24.7 Å². The van der Waals surface area contributed by atoms with Gasteiger partial charge in [0.1, 0.15) is 41.7 Å². The molecule has 356 valence electrons. The topological polar surface area (TPSA) is 213 Å². The summed E-state index contributed by atoms with van der Waals surface area (Å²) in [7, 11) is 0. The highest BCUT2D eigenvalue weighted by atomic mass is 16.6. The van der Waals surface area contributed by atoms with E-state index in [1.54, 1.807) is 65.8 Å². The zero-order valence-corrected chi connectivity index (χ0v) is 39.3. The van der Waals surface area contributed by atoms with Gasteiger partial charge in [0.2, 0.25) is 11.8 Å². The number of nitrogens with one attached hydrogen (secondary N) is 4. The van der Waals surface area contributed by atoms with Gasteiger partial charge in [-0.15, -0.1) is 0 Å². The smallest absolute Gasteiger partial charge is 0.329 e. The molecular weight excluding hydrogens is 831 g/mol. The molecule has 6 N–H and O–H groups in total. The van der Waals surface area contributed by atoms with Crippen molar-refractivity contribution in [3.05, 3.63) is 77.9 Å². The fraction of sp³-hybridized carbons (Fsp3) is 0.560. The third-order valence-corrected chi connectivity index (χ3v) is 10.9. The molecule has 15 heteroatoms. The number of urea groups is 1. The number of hydrogen-bond acceptors (Lipinski definition) is 11. The molecule has 1 aliphatic rings. The molecular formula is C50H71N5O10. The van der Waals surface area contributed by atoms with Gasteiger partial charge in [-0.3, -0.25) is 14.4 Å². The maximum atomic E-state index is 13.8. The maximum absolute atomic E-state index is 13.8. The molecule has 4 rings (SSSR count). The summed E-state index contributed by atoms with van der Waals surface area (Å²) < 4.78 is 22.1. The average molecular weight is 902 g/mol. The Balaban J connectivity index is 1.42. The lowest BCUT2D eigenvalue weighted by Gasteiger charge is -2.28. The molecule has 65 heavy (non-hydrogen) atoms. The normalized spacial score (nSPS) is 16.6. The van der Waals surface area contributed by atoms with Crippen molar-refractivity contribution < 1.29 is 47.7 Å². The van der Waals surface area contributed by atoms with Crippen LogP contribution in [0.25, 0.3) is 10.8 Å². The van der Waals surface area contributed by atoms with Gasteiger partial charge in [0.25, 0.3) is 0 Å². The second-order valence-electron chi connectivity index (χ2n) is 18.8. The summed E-state index contributed by atoms with van der Waals surface area (Å²) in [5.74, 6) is -1.60. The highest BCUT2D eigenvalue weighted by Gasteiger charge is 2.32. The van der Waals surface area contributed by atoms with E-state index in [-0.39, 0.29) is 50.1 Å². The Labute approximate surface area is 384 Å². The number of ether oxygens (including phenoxy) is 4. The summed E-state index contributed by atoms with van der Waals surface area (Å²) in [6.07, 6.45) is 4.14. The lowest BCUT2D eigenvalue weighted by molar-refractivity contribution is -0.158. The highest BCUT2D eigenvalue weighted by Crippen LogP contribution is 2.28. The Morgan fingerprint density at radius 3 is 1.97 bits per heavy atom. The molecule has 0 radical (unpaired) electrons. The first-order chi connectivity index (χ1) is 30.8. The van der Waals surface area contributed by atoms with Gasteiger partial charge in [0.05, 0.1) is 6.61 Å². The molecule has 4 amide bonds. The number of carbonyl (C=O) groups is 6.